The highest BCUT2D eigenvalue weighted by Gasteiger charge is 2.11. The van der Waals surface area contributed by atoms with E-state index < -0.39 is 0 Å². The highest BCUT2D eigenvalue weighted by molar-refractivity contribution is 7.14. The molecular formula is C14H13N5O2S. The number of nitrogens with one attached hydrogen (secondary N) is 3. The standard InChI is InChI=1S/C14H13N5O2S/c1-21-10-4-2-9(3-5-10)16-14-17-11(8-22-14)13(20)18-12-6-7-15-19-12/h2-8H,1H3,(H,16,17)(H2,15,18,19,20). The lowest BCUT2D eigenvalue weighted by atomic mass is 10.3. The van der Waals surface area contributed by atoms with Gasteiger partial charge in [0.15, 0.2) is 5.13 Å². The van der Waals surface area contributed by atoms with Gasteiger partial charge in [0.25, 0.3) is 5.91 Å². The monoisotopic (exact) mass is 315 g/mol. The fraction of sp³-hybridized carbons (Fsp3) is 0.0714. The summed E-state index contributed by atoms with van der Waals surface area (Å²) in [6.45, 7) is 0. The summed E-state index contributed by atoms with van der Waals surface area (Å²) in [7, 11) is 1.62. The van der Waals surface area contributed by atoms with E-state index in [1.54, 1.807) is 24.8 Å². The van der Waals surface area contributed by atoms with Gasteiger partial charge in [0.05, 0.1) is 13.3 Å². The molecule has 0 fully saturated rings. The molecule has 3 aromatic rings. The molecule has 0 atom stereocenters. The third kappa shape index (κ3) is 3.23. The topological polar surface area (TPSA) is 91.9 Å². The van der Waals surface area contributed by atoms with Crippen molar-refractivity contribution in [2.75, 3.05) is 17.7 Å². The summed E-state index contributed by atoms with van der Waals surface area (Å²) in [6, 6.07) is 9.12. The van der Waals surface area contributed by atoms with Gasteiger partial charge in [-0.2, -0.15) is 5.10 Å². The molecule has 2 heterocycles. The lowest BCUT2D eigenvalue weighted by Crippen LogP contribution is -2.12. The Bertz CT molecular complexity index is 752. The first-order valence-electron chi connectivity index (χ1n) is 6.42. The van der Waals surface area contributed by atoms with Crippen LogP contribution < -0.4 is 15.4 Å². The Balaban J connectivity index is 1.66. The van der Waals surface area contributed by atoms with E-state index in [1.165, 1.54) is 11.3 Å². The molecule has 2 aromatic heterocycles. The zero-order valence-corrected chi connectivity index (χ0v) is 12.5. The molecule has 0 saturated heterocycles. The van der Waals surface area contributed by atoms with Crippen LogP contribution in [-0.2, 0) is 0 Å². The quantitative estimate of drug-likeness (QED) is 0.673. The second-order valence-electron chi connectivity index (χ2n) is 4.32. The zero-order chi connectivity index (χ0) is 15.4. The average Bonchev–Trinajstić information content (AvgIpc) is 3.20. The summed E-state index contributed by atoms with van der Waals surface area (Å²) in [5, 5.41) is 14.6. The zero-order valence-electron chi connectivity index (χ0n) is 11.7. The first-order valence-corrected chi connectivity index (χ1v) is 7.30. The number of carbonyl (C=O) groups is 1. The van der Waals surface area contributed by atoms with Crippen molar-refractivity contribution < 1.29 is 9.53 Å². The van der Waals surface area contributed by atoms with Crippen LogP contribution in [0.2, 0.25) is 0 Å². The molecule has 3 N–H and O–H groups in total. The van der Waals surface area contributed by atoms with Gasteiger partial charge in [-0.15, -0.1) is 11.3 Å². The van der Waals surface area contributed by atoms with Crippen molar-refractivity contribution in [2.45, 2.75) is 0 Å². The first kappa shape index (κ1) is 14.1. The van der Waals surface area contributed by atoms with Crippen LogP contribution >= 0.6 is 11.3 Å². The van der Waals surface area contributed by atoms with Crippen LogP contribution in [0.15, 0.2) is 41.9 Å². The van der Waals surface area contributed by atoms with Gasteiger partial charge in [-0.1, -0.05) is 0 Å². The predicted molar refractivity (Wildman–Crippen MR) is 84.9 cm³/mol. The van der Waals surface area contributed by atoms with Crippen LogP contribution in [0.5, 0.6) is 5.75 Å². The summed E-state index contributed by atoms with van der Waals surface area (Å²) in [6.07, 6.45) is 1.56. The maximum absolute atomic E-state index is 12.0. The van der Waals surface area contributed by atoms with Gasteiger partial charge < -0.3 is 15.4 Å². The molecule has 0 radical (unpaired) electrons. The number of ether oxygens (including phenoxy) is 1. The van der Waals surface area contributed by atoms with Crippen LogP contribution in [0, 0.1) is 0 Å². The Labute approximate surface area is 130 Å². The van der Waals surface area contributed by atoms with Crippen molar-refractivity contribution in [1.82, 2.24) is 15.2 Å². The van der Waals surface area contributed by atoms with Gasteiger partial charge in [-0.3, -0.25) is 9.89 Å². The van der Waals surface area contributed by atoms with E-state index in [2.05, 4.69) is 25.8 Å². The molecule has 0 saturated carbocycles. The van der Waals surface area contributed by atoms with Crippen molar-refractivity contribution in [3.8, 4) is 5.75 Å². The Morgan fingerprint density at radius 3 is 2.77 bits per heavy atom. The number of rotatable bonds is 5. The predicted octanol–water partition coefficient (Wildman–Crippen LogP) is 2.87. The third-order valence-electron chi connectivity index (χ3n) is 2.83. The molecule has 112 valence electrons. The Kier molecular flexibility index (Phi) is 4.01. The van der Waals surface area contributed by atoms with Crippen molar-refractivity contribution in [2.24, 2.45) is 0 Å². The van der Waals surface area contributed by atoms with E-state index in [9.17, 15) is 4.79 Å². The number of anilines is 3. The van der Waals surface area contributed by atoms with Crippen LogP contribution in [0.4, 0.5) is 16.6 Å². The number of H-pyrrole nitrogens is 1. The first-order chi connectivity index (χ1) is 10.7. The smallest absolute Gasteiger partial charge is 0.276 e. The molecule has 0 unspecified atom stereocenters. The molecule has 0 aliphatic carbocycles. The second-order valence-corrected chi connectivity index (χ2v) is 5.17. The van der Waals surface area contributed by atoms with Gasteiger partial charge in [-0.05, 0) is 24.3 Å². The number of aromatic nitrogens is 3. The Morgan fingerprint density at radius 1 is 1.27 bits per heavy atom. The highest BCUT2D eigenvalue weighted by atomic mass is 32.1. The molecule has 3 rings (SSSR count). The van der Waals surface area contributed by atoms with E-state index in [-0.39, 0.29) is 5.91 Å². The van der Waals surface area contributed by atoms with Crippen LogP contribution in [0.3, 0.4) is 0 Å². The molecule has 1 aromatic carbocycles. The third-order valence-corrected chi connectivity index (χ3v) is 3.58. The van der Waals surface area contributed by atoms with Crippen LogP contribution in [-0.4, -0.2) is 28.2 Å². The fourth-order valence-electron chi connectivity index (χ4n) is 1.75. The molecule has 0 spiro atoms. The van der Waals surface area contributed by atoms with E-state index in [0.717, 1.165) is 11.4 Å². The van der Waals surface area contributed by atoms with Crippen LogP contribution in [0.1, 0.15) is 10.5 Å². The van der Waals surface area contributed by atoms with E-state index >= 15 is 0 Å². The molecule has 0 aliphatic rings. The molecule has 7 nitrogen and oxygen atoms in total. The Hall–Kier alpha value is -2.87. The van der Waals surface area contributed by atoms with Gasteiger partial charge in [0.1, 0.15) is 17.3 Å². The number of thiazole rings is 1. The van der Waals surface area contributed by atoms with E-state index in [0.29, 0.717) is 16.6 Å². The molecule has 0 bridgehead atoms. The maximum atomic E-state index is 12.0. The van der Waals surface area contributed by atoms with Crippen molar-refractivity contribution in [3.05, 3.63) is 47.6 Å². The van der Waals surface area contributed by atoms with Crippen molar-refractivity contribution in [3.63, 3.8) is 0 Å². The molecule has 22 heavy (non-hydrogen) atoms. The summed E-state index contributed by atoms with van der Waals surface area (Å²) >= 11 is 1.36. The number of amides is 1. The highest BCUT2D eigenvalue weighted by Crippen LogP contribution is 2.23. The number of nitrogens with zero attached hydrogens (tertiary/aromatic N) is 2. The summed E-state index contributed by atoms with van der Waals surface area (Å²) in [4.78, 5) is 16.3. The second kappa shape index (κ2) is 6.27. The molecule has 8 heteroatoms. The summed E-state index contributed by atoms with van der Waals surface area (Å²) < 4.78 is 5.10. The van der Waals surface area contributed by atoms with Crippen LogP contribution in [0.25, 0.3) is 0 Å². The largest absolute Gasteiger partial charge is 0.497 e. The fourth-order valence-corrected chi connectivity index (χ4v) is 2.46. The normalized spacial score (nSPS) is 10.2. The number of carbonyl (C=O) groups excluding carboxylic acids is 1. The van der Waals surface area contributed by atoms with Gasteiger partial charge in [0.2, 0.25) is 0 Å². The lowest BCUT2D eigenvalue weighted by Gasteiger charge is -2.04. The Morgan fingerprint density at radius 2 is 2.09 bits per heavy atom. The maximum Gasteiger partial charge on any atom is 0.276 e. The van der Waals surface area contributed by atoms with E-state index in [4.69, 9.17) is 4.74 Å². The van der Waals surface area contributed by atoms with Crippen molar-refractivity contribution >= 4 is 33.9 Å². The van der Waals surface area contributed by atoms with Gasteiger partial charge in [0, 0.05) is 17.1 Å². The minimum Gasteiger partial charge on any atom is -0.497 e. The number of benzene rings is 1. The number of hydrogen-bond donors (Lipinski definition) is 3. The number of aromatic amines is 1. The SMILES string of the molecule is COc1ccc(Nc2nc(C(=O)Nc3ccn[nH]3)cs2)cc1. The molecule has 1 amide bonds. The lowest BCUT2D eigenvalue weighted by molar-refractivity contribution is 0.102. The molecular weight excluding hydrogens is 302 g/mol. The van der Waals surface area contributed by atoms with Gasteiger partial charge in [-0.25, -0.2) is 4.98 Å². The summed E-state index contributed by atoms with van der Waals surface area (Å²) in [5.74, 6) is 1.02. The summed E-state index contributed by atoms with van der Waals surface area (Å²) in [5.41, 5.74) is 1.21. The number of methoxy groups -OCH3 is 1. The molecule has 0 aliphatic heterocycles. The average molecular weight is 315 g/mol. The number of hydrogen-bond acceptors (Lipinski definition) is 6. The minimum absolute atomic E-state index is 0.289. The van der Waals surface area contributed by atoms with E-state index in [1.807, 2.05) is 24.3 Å². The van der Waals surface area contributed by atoms with Crippen molar-refractivity contribution in [1.29, 1.82) is 0 Å². The minimum atomic E-state index is -0.289. The van der Waals surface area contributed by atoms with Gasteiger partial charge >= 0.3 is 0 Å².